The second-order valence-electron chi connectivity index (χ2n) is 19.1. The highest BCUT2D eigenvalue weighted by molar-refractivity contribution is 6.32. The SMILES string of the molecule is COc1ccc(-c2cc(-c3ccc(-c4cccc5ccccc45)cc3)c3ccc4c(-c5ccc(-c6cccc7ccccc67)cc5)cc(-c5ccc(-c6cccc7ccccc67)cc5)c5ccc2c3c54)cc1. The number of methoxy groups -OCH3 is 1. The molecule has 0 saturated heterocycles. The van der Waals surface area contributed by atoms with E-state index in [9.17, 15) is 0 Å². The highest BCUT2D eigenvalue weighted by Gasteiger charge is 2.22. The van der Waals surface area contributed by atoms with Gasteiger partial charge in [-0.25, -0.2) is 0 Å². The maximum absolute atomic E-state index is 5.67. The highest BCUT2D eigenvalue weighted by Crippen LogP contribution is 2.49. The average Bonchev–Trinajstić information content (AvgIpc) is 3.46. The van der Waals surface area contributed by atoms with Gasteiger partial charge in [0, 0.05) is 0 Å². The molecule has 0 aliphatic rings. The fourth-order valence-electron chi connectivity index (χ4n) is 11.6. The summed E-state index contributed by atoms with van der Waals surface area (Å²) in [6.07, 6.45) is 0. The van der Waals surface area contributed by atoms with E-state index in [-0.39, 0.29) is 0 Å². The predicted molar refractivity (Wildman–Crippen MR) is 307 cm³/mol. The first kappa shape index (κ1) is 41.7. The molecule has 0 N–H and O–H groups in total. The van der Waals surface area contributed by atoms with Gasteiger partial charge in [-0.2, -0.15) is 0 Å². The molecule has 0 aromatic heterocycles. The maximum Gasteiger partial charge on any atom is 0.118 e. The van der Waals surface area contributed by atoms with Crippen molar-refractivity contribution in [3.8, 4) is 83.6 Å². The van der Waals surface area contributed by atoms with Crippen LogP contribution in [0.4, 0.5) is 0 Å². The van der Waals surface area contributed by atoms with Crippen LogP contribution in [-0.2, 0) is 0 Å². The molecule has 0 amide bonds. The number of rotatable bonds is 8. The first-order valence-corrected chi connectivity index (χ1v) is 24.8. The summed E-state index contributed by atoms with van der Waals surface area (Å²) in [5.74, 6) is 0.841. The minimum atomic E-state index is 0.841. The van der Waals surface area contributed by atoms with Crippen LogP contribution < -0.4 is 4.74 Å². The van der Waals surface area contributed by atoms with Crippen molar-refractivity contribution in [2.75, 3.05) is 7.11 Å². The lowest BCUT2D eigenvalue weighted by molar-refractivity contribution is 0.415. The smallest absolute Gasteiger partial charge is 0.118 e. The topological polar surface area (TPSA) is 9.23 Å². The summed E-state index contributed by atoms with van der Waals surface area (Å²) in [6, 6.07) is 96.4. The fraction of sp³-hybridized carbons (Fsp3) is 0.0141. The quantitative estimate of drug-likeness (QED) is 0.138. The lowest BCUT2D eigenvalue weighted by Crippen LogP contribution is -1.94. The van der Waals surface area contributed by atoms with Gasteiger partial charge in [0.1, 0.15) is 5.75 Å². The number of benzene rings is 14. The van der Waals surface area contributed by atoms with Crippen LogP contribution in [0.15, 0.2) is 261 Å². The monoisotopic (exact) mass is 914 g/mol. The second-order valence-corrected chi connectivity index (χ2v) is 19.1. The minimum Gasteiger partial charge on any atom is -0.497 e. The standard InChI is InChI=1S/C71H46O/c1-72-55-37-35-54(36-38-55)69-44-68(53-33-27-50(28-34-53)61-22-10-16-47-13-4-7-19-58(47)61)64-40-39-62-66(51-29-23-48(24-30-51)59-20-8-14-45-11-2-5-17-56(45)59)43-67(63-41-42-65(69)71(64)70(62)63)52-31-25-49(26-32-52)60-21-9-15-46-12-3-6-18-57(46)60/h2-44H,1H3. The lowest BCUT2D eigenvalue weighted by atomic mass is 9.81. The van der Waals surface area contributed by atoms with Crippen molar-refractivity contribution in [2.24, 2.45) is 0 Å². The zero-order chi connectivity index (χ0) is 47.7. The molecule has 72 heavy (non-hydrogen) atoms. The maximum atomic E-state index is 5.67. The average molecular weight is 915 g/mol. The molecule has 1 heteroatoms. The van der Waals surface area contributed by atoms with Crippen molar-refractivity contribution in [3.63, 3.8) is 0 Å². The van der Waals surface area contributed by atoms with E-state index in [1.807, 2.05) is 0 Å². The highest BCUT2D eigenvalue weighted by atomic mass is 16.5. The van der Waals surface area contributed by atoms with Crippen molar-refractivity contribution >= 4 is 64.6 Å². The van der Waals surface area contributed by atoms with Crippen LogP contribution in [-0.4, -0.2) is 7.11 Å². The molecule has 0 radical (unpaired) electrons. The van der Waals surface area contributed by atoms with E-state index in [1.54, 1.807) is 7.11 Å². The molecule has 0 atom stereocenters. The van der Waals surface area contributed by atoms with Gasteiger partial charge in [0.05, 0.1) is 7.11 Å². The van der Waals surface area contributed by atoms with Crippen LogP contribution in [0, 0.1) is 0 Å². The van der Waals surface area contributed by atoms with Gasteiger partial charge in [-0.15, -0.1) is 0 Å². The fourth-order valence-corrected chi connectivity index (χ4v) is 11.6. The number of fused-ring (bicyclic) bond motifs is 3. The van der Waals surface area contributed by atoms with Crippen LogP contribution in [0.5, 0.6) is 5.75 Å². The molecule has 14 aromatic rings. The van der Waals surface area contributed by atoms with Gasteiger partial charge in [-0.05, 0) is 167 Å². The Morgan fingerprint density at radius 2 is 0.458 bits per heavy atom. The van der Waals surface area contributed by atoms with Gasteiger partial charge < -0.3 is 4.74 Å². The Balaban J connectivity index is 1.00. The molecule has 1 nitrogen and oxygen atoms in total. The predicted octanol–water partition coefficient (Wildman–Crippen LogP) is 19.7. The zero-order valence-electron chi connectivity index (χ0n) is 39.7. The molecule has 0 saturated carbocycles. The zero-order valence-corrected chi connectivity index (χ0v) is 39.7. The van der Waals surface area contributed by atoms with E-state index in [0.717, 1.165) is 11.3 Å². The van der Waals surface area contributed by atoms with Gasteiger partial charge in [0.25, 0.3) is 0 Å². The van der Waals surface area contributed by atoms with E-state index < -0.39 is 0 Å². The number of ether oxygens (including phenoxy) is 1. The number of hydrogen-bond acceptors (Lipinski definition) is 1. The Morgan fingerprint density at radius 3 is 0.750 bits per heavy atom. The van der Waals surface area contributed by atoms with Crippen molar-refractivity contribution in [1.82, 2.24) is 0 Å². The summed E-state index contributed by atoms with van der Waals surface area (Å²) in [6.45, 7) is 0. The molecule has 14 rings (SSSR count). The molecule has 0 aliphatic carbocycles. The Bertz CT molecular complexity index is 4210. The second kappa shape index (κ2) is 17.0. The number of hydrogen-bond donors (Lipinski definition) is 0. The summed E-state index contributed by atoms with van der Waals surface area (Å²) in [4.78, 5) is 0. The summed E-state index contributed by atoms with van der Waals surface area (Å²) in [5.41, 5.74) is 16.9. The van der Waals surface area contributed by atoms with Gasteiger partial charge in [0.15, 0.2) is 0 Å². The normalized spacial score (nSPS) is 11.7. The van der Waals surface area contributed by atoms with Crippen LogP contribution in [0.1, 0.15) is 0 Å². The molecule has 336 valence electrons. The van der Waals surface area contributed by atoms with Crippen molar-refractivity contribution < 1.29 is 4.74 Å². The van der Waals surface area contributed by atoms with Crippen LogP contribution in [0.25, 0.3) is 143 Å². The van der Waals surface area contributed by atoms with Gasteiger partial charge in [-0.3, -0.25) is 0 Å². The lowest BCUT2D eigenvalue weighted by Gasteiger charge is -2.22. The Kier molecular flexibility index (Phi) is 9.82. The Hall–Kier alpha value is -9.30. The third-order valence-corrected chi connectivity index (χ3v) is 15.2. The first-order chi connectivity index (χ1) is 35.6. The summed E-state index contributed by atoms with van der Waals surface area (Å²) >= 11 is 0. The largest absolute Gasteiger partial charge is 0.497 e. The first-order valence-electron chi connectivity index (χ1n) is 24.8. The van der Waals surface area contributed by atoms with Crippen molar-refractivity contribution in [1.29, 1.82) is 0 Å². The minimum absolute atomic E-state index is 0.841. The molecular formula is C71H46O. The van der Waals surface area contributed by atoms with Crippen molar-refractivity contribution in [2.45, 2.75) is 0 Å². The summed E-state index contributed by atoms with van der Waals surface area (Å²) in [7, 11) is 1.73. The Morgan fingerprint density at radius 1 is 0.208 bits per heavy atom. The van der Waals surface area contributed by atoms with E-state index in [4.69, 9.17) is 4.74 Å². The molecule has 0 bridgehead atoms. The molecule has 0 unspecified atom stereocenters. The third kappa shape index (κ3) is 6.85. The van der Waals surface area contributed by atoms with Crippen LogP contribution in [0.3, 0.4) is 0 Å². The van der Waals surface area contributed by atoms with Crippen LogP contribution in [0.2, 0.25) is 0 Å². The molecular weight excluding hydrogens is 869 g/mol. The Labute approximate surface area is 418 Å². The summed E-state index contributed by atoms with van der Waals surface area (Å²) < 4.78 is 5.67. The van der Waals surface area contributed by atoms with E-state index in [2.05, 4.69) is 261 Å². The van der Waals surface area contributed by atoms with E-state index in [0.29, 0.717) is 0 Å². The van der Waals surface area contributed by atoms with Crippen molar-refractivity contribution in [3.05, 3.63) is 261 Å². The van der Waals surface area contributed by atoms with Gasteiger partial charge in [-0.1, -0.05) is 237 Å². The molecule has 0 spiro atoms. The molecule has 0 heterocycles. The van der Waals surface area contributed by atoms with E-state index >= 15 is 0 Å². The summed E-state index contributed by atoms with van der Waals surface area (Å²) in [5, 5.41) is 15.0. The van der Waals surface area contributed by atoms with Crippen LogP contribution >= 0.6 is 0 Å². The molecule has 0 aliphatic heterocycles. The van der Waals surface area contributed by atoms with Gasteiger partial charge in [0.2, 0.25) is 0 Å². The van der Waals surface area contributed by atoms with E-state index in [1.165, 1.54) is 137 Å². The molecule has 14 aromatic carbocycles. The molecule has 0 fully saturated rings. The third-order valence-electron chi connectivity index (χ3n) is 15.2. The van der Waals surface area contributed by atoms with Gasteiger partial charge >= 0.3 is 0 Å².